The van der Waals surface area contributed by atoms with Gasteiger partial charge < -0.3 is 10.2 Å². The molecule has 1 N–H and O–H groups in total. The van der Waals surface area contributed by atoms with Crippen LogP contribution in [-0.2, 0) is 6.54 Å². The van der Waals surface area contributed by atoms with Gasteiger partial charge in [0.1, 0.15) is 23.1 Å². The van der Waals surface area contributed by atoms with Crippen LogP contribution in [0.3, 0.4) is 0 Å². The number of fused-ring (bicyclic) bond motifs is 1. The van der Waals surface area contributed by atoms with Gasteiger partial charge in [-0.25, -0.2) is 13.5 Å². The molecule has 0 radical (unpaired) electrons. The van der Waals surface area contributed by atoms with Gasteiger partial charge in [-0.15, -0.1) is 0 Å². The Kier molecular flexibility index (Phi) is 7.61. The fourth-order valence-electron chi connectivity index (χ4n) is 5.11. The minimum absolute atomic E-state index is 0.182. The highest BCUT2D eigenvalue weighted by molar-refractivity contribution is 5.87. The average molecular weight is 533 g/mol. The number of para-hydroxylation sites is 1. The van der Waals surface area contributed by atoms with Gasteiger partial charge in [-0.1, -0.05) is 24.6 Å². The Morgan fingerprint density at radius 2 is 1.90 bits per heavy atom. The molecule has 2 atom stereocenters. The number of nitrogens with one attached hydrogen (secondary N) is 1. The van der Waals surface area contributed by atoms with Crippen LogP contribution in [0.4, 0.5) is 14.6 Å². The zero-order chi connectivity index (χ0) is 27.7. The maximum atomic E-state index is 15.1. The van der Waals surface area contributed by atoms with Gasteiger partial charge in [0.2, 0.25) is 0 Å². The van der Waals surface area contributed by atoms with Gasteiger partial charge in [0.15, 0.2) is 0 Å². The molecule has 0 saturated carbocycles. The van der Waals surface area contributed by atoms with Crippen LogP contribution in [0.2, 0.25) is 0 Å². The Hall–Kier alpha value is -3.85. The van der Waals surface area contributed by atoms with Gasteiger partial charge in [0.25, 0.3) is 5.56 Å². The van der Waals surface area contributed by atoms with Crippen molar-refractivity contribution in [1.82, 2.24) is 24.5 Å². The maximum absolute atomic E-state index is 15.1. The molecule has 204 valence electrons. The van der Waals surface area contributed by atoms with Crippen molar-refractivity contribution >= 4 is 5.82 Å². The number of halogens is 2. The van der Waals surface area contributed by atoms with E-state index in [4.69, 9.17) is 10.2 Å². The molecule has 1 aliphatic heterocycles. The van der Waals surface area contributed by atoms with E-state index in [1.807, 2.05) is 35.9 Å². The maximum Gasteiger partial charge on any atom is 0.271 e. The summed E-state index contributed by atoms with van der Waals surface area (Å²) in [6.07, 6.45) is 3.24. The number of rotatable bonds is 8. The lowest BCUT2D eigenvalue weighted by Gasteiger charge is -2.26. The fraction of sp³-hybridized carbons (Fsp3) is 0.367. The van der Waals surface area contributed by atoms with Crippen molar-refractivity contribution in [3.05, 3.63) is 82.1 Å². The van der Waals surface area contributed by atoms with Gasteiger partial charge >= 0.3 is 0 Å². The highest BCUT2D eigenvalue weighted by Gasteiger charge is 2.29. The molecule has 3 heterocycles. The highest BCUT2D eigenvalue weighted by atomic mass is 19.1. The zero-order valence-corrected chi connectivity index (χ0v) is 22.8. The second-order valence-corrected chi connectivity index (χ2v) is 10.6. The van der Waals surface area contributed by atoms with E-state index >= 15 is 4.39 Å². The Bertz CT molecular complexity index is 1540. The molecule has 0 spiro atoms. The van der Waals surface area contributed by atoms with Crippen LogP contribution in [0.25, 0.3) is 28.2 Å². The average Bonchev–Trinajstić information content (AvgIpc) is 3.27. The standard InChI is InChI=1S/C30H34F2N6O/c1-19-8-5-6-11-26(19)38-27(39)15-14-25(34-38)28-29(23-13-12-22(31)16-24(23)32)35-37-18-21(17-33-30(28)37)10-7-9-20(2)36(3)4/h5-6,8,11-16,20-21,33H,7,9-10,17-18H2,1-4H3/t20-,21?/m1/s1. The number of benzene rings is 2. The largest absolute Gasteiger partial charge is 0.369 e. The van der Waals surface area contributed by atoms with E-state index in [1.54, 1.807) is 6.07 Å². The first-order valence-corrected chi connectivity index (χ1v) is 13.4. The van der Waals surface area contributed by atoms with Crippen LogP contribution in [-0.4, -0.2) is 51.1 Å². The molecule has 0 fully saturated rings. The molecule has 39 heavy (non-hydrogen) atoms. The van der Waals surface area contributed by atoms with Crippen molar-refractivity contribution in [3.63, 3.8) is 0 Å². The first-order chi connectivity index (χ1) is 18.7. The normalized spacial score (nSPS) is 15.7. The van der Waals surface area contributed by atoms with E-state index in [1.165, 1.54) is 22.9 Å². The number of hydrogen-bond donors (Lipinski definition) is 1. The van der Waals surface area contributed by atoms with E-state index in [9.17, 15) is 9.18 Å². The zero-order valence-electron chi connectivity index (χ0n) is 22.8. The third-order valence-corrected chi connectivity index (χ3v) is 7.64. The van der Waals surface area contributed by atoms with Crippen molar-refractivity contribution in [2.75, 3.05) is 26.0 Å². The van der Waals surface area contributed by atoms with Crippen molar-refractivity contribution in [2.24, 2.45) is 5.92 Å². The lowest BCUT2D eigenvalue weighted by atomic mass is 9.98. The van der Waals surface area contributed by atoms with E-state index in [0.29, 0.717) is 47.0 Å². The van der Waals surface area contributed by atoms with Crippen LogP contribution in [0.15, 0.2) is 59.4 Å². The van der Waals surface area contributed by atoms with E-state index < -0.39 is 11.6 Å². The smallest absolute Gasteiger partial charge is 0.271 e. The summed E-state index contributed by atoms with van der Waals surface area (Å²) < 4.78 is 32.1. The predicted molar refractivity (Wildman–Crippen MR) is 150 cm³/mol. The molecule has 2 aromatic carbocycles. The van der Waals surface area contributed by atoms with Gasteiger partial charge in [0, 0.05) is 36.8 Å². The summed E-state index contributed by atoms with van der Waals surface area (Å²) in [6.45, 7) is 5.56. The van der Waals surface area contributed by atoms with Gasteiger partial charge in [-0.05, 0) is 76.5 Å². The van der Waals surface area contributed by atoms with Crippen molar-refractivity contribution in [1.29, 1.82) is 0 Å². The van der Waals surface area contributed by atoms with Crippen LogP contribution < -0.4 is 10.9 Å². The summed E-state index contributed by atoms with van der Waals surface area (Å²) in [5, 5.41) is 13.0. The lowest BCUT2D eigenvalue weighted by molar-refractivity contribution is 0.280. The molecule has 0 saturated heterocycles. The molecular formula is C30H34F2N6O. The molecule has 9 heteroatoms. The first kappa shape index (κ1) is 26.7. The fourth-order valence-corrected chi connectivity index (χ4v) is 5.11. The summed E-state index contributed by atoms with van der Waals surface area (Å²) in [5.41, 5.74) is 2.89. The SMILES string of the molecule is Cc1ccccc1-n1nc(-c2c(-c3ccc(F)cc3F)nn3c2NCC(CCC[C@@H](C)N(C)C)C3)ccc1=O. The van der Waals surface area contributed by atoms with Gasteiger partial charge in [-0.3, -0.25) is 4.79 Å². The topological polar surface area (TPSA) is 68.0 Å². The Morgan fingerprint density at radius 3 is 2.64 bits per heavy atom. The number of hydrogen-bond acceptors (Lipinski definition) is 5. The molecule has 0 aliphatic carbocycles. The summed E-state index contributed by atoms with van der Waals surface area (Å²) in [6, 6.07) is 14.6. The minimum atomic E-state index is -0.701. The highest BCUT2D eigenvalue weighted by Crippen LogP contribution is 2.40. The van der Waals surface area contributed by atoms with Crippen molar-refractivity contribution < 1.29 is 8.78 Å². The number of aryl methyl sites for hydroxylation is 1. The third kappa shape index (κ3) is 5.49. The summed E-state index contributed by atoms with van der Waals surface area (Å²) in [4.78, 5) is 15.0. The number of nitrogens with zero attached hydrogens (tertiary/aromatic N) is 5. The van der Waals surface area contributed by atoms with Crippen LogP contribution in [0.5, 0.6) is 0 Å². The molecule has 1 unspecified atom stereocenters. The molecule has 5 rings (SSSR count). The lowest BCUT2D eigenvalue weighted by Crippen LogP contribution is -2.29. The third-order valence-electron chi connectivity index (χ3n) is 7.64. The van der Waals surface area contributed by atoms with Gasteiger partial charge in [-0.2, -0.15) is 14.9 Å². The number of aromatic nitrogens is 4. The van der Waals surface area contributed by atoms with E-state index in [-0.39, 0.29) is 11.1 Å². The molecular weight excluding hydrogens is 498 g/mol. The molecule has 0 amide bonds. The molecule has 0 bridgehead atoms. The first-order valence-electron chi connectivity index (χ1n) is 13.4. The summed E-state index contributed by atoms with van der Waals surface area (Å²) in [5.74, 6) is -0.278. The minimum Gasteiger partial charge on any atom is -0.369 e. The molecule has 7 nitrogen and oxygen atoms in total. The quantitative estimate of drug-likeness (QED) is 0.324. The Morgan fingerprint density at radius 1 is 1.10 bits per heavy atom. The second-order valence-electron chi connectivity index (χ2n) is 10.6. The van der Waals surface area contributed by atoms with E-state index in [2.05, 4.69) is 31.2 Å². The van der Waals surface area contributed by atoms with E-state index in [0.717, 1.165) is 37.4 Å². The molecule has 4 aromatic rings. The van der Waals surface area contributed by atoms with Crippen molar-refractivity contribution in [3.8, 4) is 28.2 Å². The molecule has 2 aromatic heterocycles. The Labute approximate surface area is 227 Å². The second kappa shape index (κ2) is 11.1. The van der Waals surface area contributed by atoms with Crippen LogP contribution >= 0.6 is 0 Å². The monoisotopic (exact) mass is 532 g/mol. The van der Waals surface area contributed by atoms with Crippen LogP contribution in [0, 0.1) is 24.5 Å². The predicted octanol–water partition coefficient (Wildman–Crippen LogP) is 5.51. The molecule has 1 aliphatic rings. The number of anilines is 1. The van der Waals surface area contributed by atoms with Crippen molar-refractivity contribution in [2.45, 2.75) is 45.7 Å². The van der Waals surface area contributed by atoms with Gasteiger partial charge in [0.05, 0.1) is 16.9 Å². The van der Waals surface area contributed by atoms with Crippen LogP contribution in [0.1, 0.15) is 31.7 Å². The summed E-state index contributed by atoms with van der Waals surface area (Å²) >= 11 is 0. The Balaban J connectivity index is 1.56. The summed E-state index contributed by atoms with van der Waals surface area (Å²) in [7, 11) is 4.19.